The molecular formula is C29H36FN3O4. The average molecular weight is 510 g/mol. The summed E-state index contributed by atoms with van der Waals surface area (Å²) in [5.74, 6) is 1.17. The van der Waals surface area contributed by atoms with Crippen LogP contribution in [0, 0.1) is 11.2 Å². The zero-order valence-corrected chi connectivity index (χ0v) is 22.0. The number of oxime groups is 1. The first-order chi connectivity index (χ1) is 17.8. The Bertz CT molecular complexity index is 1150. The lowest BCUT2D eigenvalue weighted by Crippen LogP contribution is -2.61. The highest BCUT2D eigenvalue weighted by molar-refractivity contribution is 5.85. The standard InChI is InChI=1S/C29H36FN3O4/c1-4-35-25-16-23(30)10-11-24(25)22-8-6-21(7-9-22)18-32-19-29(20-32)17-26(31-37-29)33-14-12-28(3,13-15-33)27(34)36-5-2/h6-11,16H,4-5,12-15,17-20H2,1-3H3. The molecule has 37 heavy (non-hydrogen) atoms. The van der Waals surface area contributed by atoms with E-state index in [4.69, 9.17) is 14.3 Å². The summed E-state index contributed by atoms with van der Waals surface area (Å²) >= 11 is 0. The number of nitrogens with zero attached hydrogens (tertiary/aromatic N) is 3. The van der Waals surface area contributed by atoms with Crippen LogP contribution in [0.5, 0.6) is 5.75 Å². The maximum absolute atomic E-state index is 13.7. The molecule has 5 rings (SSSR count). The van der Waals surface area contributed by atoms with Crippen LogP contribution >= 0.6 is 0 Å². The molecule has 1 spiro atoms. The molecule has 3 aliphatic rings. The third kappa shape index (κ3) is 5.30. The smallest absolute Gasteiger partial charge is 0.311 e. The Hall–Kier alpha value is -3.13. The van der Waals surface area contributed by atoms with E-state index in [1.807, 2.05) is 20.8 Å². The molecule has 3 aliphatic heterocycles. The van der Waals surface area contributed by atoms with Gasteiger partial charge in [0.15, 0.2) is 5.60 Å². The van der Waals surface area contributed by atoms with Gasteiger partial charge in [0.1, 0.15) is 17.4 Å². The third-order valence-electron chi connectivity index (χ3n) is 7.76. The number of carbonyl (C=O) groups is 1. The summed E-state index contributed by atoms with van der Waals surface area (Å²) in [5.41, 5.74) is 2.46. The quantitative estimate of drug-likeness (QED) is 0.498. The molecule has 0 aromatic heterocycles. The van der Waals surface area contributed by atoms with Gasteiger partial charge in [0, 0.05) is 44.4 Å². The lowest BCUT2D eigenvalue weighted by atomic mass is 9.80. The maximum Gasteiger partial charge on any atom is 0.311 e. The largest absolute Gasteiger partial charge is 0.493 e. The van der Waals surface area contributed by atoms with Gasteiger partial charge >= 0.3 is 5.97 Å². The zero-order valence-electron chi connectivity index (χ0n) is 22.0. The van der Waals surface area contributed by atoms with Crippen LogP contribution in [0.3, 0.4) is 0 Å². The molecule has 0 radical (unpaired) electrons. The highest BCUT2D eigenvalue weighted by Gasteiger charge is 2.51. The summed E-state index contributed by atoms with van der Waals surface area (Å²) in [4.78, 5) is 22.9. The highest BCUT2D eigenvalue weighted by atomic mass is 19.1. The first kappa shape index (κ1) is 25.5. The number of amidine groups is 1. The number of rotatable bonds is 7. The van der Waals surface area contributed by atoms with Crippen molar-refractivity contribution in [3.05, 3.63) is 53.8 Å². The van der Waals surface area contributed by atoms with Gasteiger partial charge in [-0.2, -0.15) is 0 Å². The van der Waals surface area contributed by atoms with Gasteiger partial charge in [0.25, 0.3) is 0 Å². The minimum atomic E-state index is -0.408. The number of halogens is 1. The molecule has 0 N–H and O–H groups in total. The number of hydrogen-bond acceptors (Lipinski definition) is 7. The van der Waals surface area contributed by atoms with Crippen molar-refractivity contribution in [2.45, 2.75) is 52.2 Å². The van der Waals surface area contributed by atoms with Crippen LogP contribution in [0.15, 0.2) is 47.6 Å². The fourth-order valence-corrected chi connectivity index (χ4v) is 5.55. The van der Waals surface area contributed by atoms with E-state index in [1.54, 1.807) is 6.07 Å². The second-order valence-electron chi connectivity index (χ2n) is 10.6. The minimum absolute atomic E-state index is 0.0919. The summed E-state index contributed by atoms with van der Waals surface area (Å²) in [6.07, 6.45) is 2.34. The molecule has 8 heteroatoms. The van der Waals surface area contributed by atoms with E-state index in [-0.39, 0.29) is 17.4 Å². The van der Waals surface area contributed by atoms with Crippen molar-refractivity contribution in [3.63, 3.8) is 0 Å². The molecule has 0 bridgehead atoms. The van der Waals surface area contributed by atoms with Crippen molar-refractivity contribution in [1.82, 2.24) is 9.80 Å². The van der Waals surface area contributed by atoms with Gasteiger partial charge in [-0.15, -0.1) is 0 Å². The first-order valence-corrected chi connectivity index (χ1v) is 13.2. The molecule has 2 aromatic rings. The van der Waals surface area contributed by atoms with Crippen molar-refractivity contribution in [3.8, 4) is 16.9 Å². The number of likely N-dealkylation sites (tertiary alicyclic amines) is 2. The molecule has 7 nitrogen and oxygen atoms in total. The van der Waals surface area contributed by atoms with Crippen molar-refractivity contribution < 1.29 is 23.5 Å². The van der Waals surface area contributed by atoms with Crippen LogP contribution in [0.25, 0.3) is 11.1 Å². The number of hydrogen-bond donors (Lipinski definition) is 0. The number of ether oxygens (including phenoxy) is 2. The van der Waals surface area contributed by atoms with Crippen molar-refractivity contribution in [2.24, 2.45) is 10.6 Å². The molecule has 0 atom stereocenters. The van der Waals surface area contributed by atoms with Crippen LogP contribution in [0.1, 0.15) is 45.6 Å². The van der Waals surface area contributed by atoms with Crippen LogP contribution in [0.4, 0.5) is 4.39 Å². The normalized spacial score (nSPS) is 20.2. The van der Waals surface area contributed by atoms with Gasteiger partial charge in [-0.25, -0.2) is 4.39 Å². The Labute approximate surface area is 218 Å². The van der Waals surface area contributed by atoms with Gasteiger partial charge in [0.2, 0.25) is 0 Å². The fourth-order valence-electron chi connectivity index (χ4n) is 5.55. The van der Waals surface area contributed by atoms with Crippen LogP contribution in [-0.2, 0) is 20.9 Å². The predicted molar refractivity (Wildman–Crippen MR) is 140 cm³/mol. The molecule has 2 saturated heterocycles. The summed E-state index contributed by atoms with van der Waals surface area (Å²) in [6.45, 7) is 10.8. The lowest BCUT2D eigenvalue weighted by Gasteiger charge is -2.45. The predicted octanol–water partition coefficient (Wildman–Crippen LogP) is 4.84. The lowest BCUT2D eigenvalue weighted by molar-refractivity contribution is -0.156. The molecule has 0 saturated carbocycles. The van der Waals surface area contributed by atoms with Crippen molar-refractivity contribution in [2.75, 3.05) is 39.4 Å². The Morgan fingerprint density at radius 3 is 2.49 bits per heavy atom. The van der Waals surface area contributed by atoms with Gasteiger partial charge in [-0.3, -0.25) is 9.69 Å². The van der Waals surface area contributed by atoms with Crippen LogP contribution in [0.2, 0.25) is 0 Å². The van der Waals surface area contributed by atoms with Crippen molar-refractivity contribution >= 4 is 11.8 Å². The van der Waals surface area contributed by atoms with E-state index in [0.29, 0.717) is 19.0 Å². The topological polar surface area (TPSA) is 63.6 Å². The molecule has 2 aromatic carbocycles. The number of carbonyl (C=O) groups excluding carboxylic acids is 1. The number of esters is 1. The first-order valence-electron chi connectivity index (χ1n) is 13.2. The highest BCUT2D eigenvalue weighted by Crippen LogP contribution is 2.38. The van der Waals surface area contributed by atoms with Crippen LogP contribution in [-0.4, -0.2) is 66.6 Å². The van der Waals surface area contributed by atoms with Crippen molar-refractivity contribution in [1.29, 1.82) is 0 Å². The molecule has 2 fully saturated rings. The van der Waals surface area contributed by atoms with E-state index in [0.717, 1.165) is 68.9 Å². The third-order valence-corrected chi connectivity index (χ3v) is 7.76. The van der Waals surface area contributed by atoms with Gasteiger partial charge in [-0.05, 0) is 56.9 Å². The number of piperidine rings is 1. The summed E-state index contributed by atoms with van der Waals surface area (Å²) in [6, 6.07) is 13.0. The number of benzene rings is 2. The van der Waals surface area contributed by atoms with E-state index in [1.165, 1.54) is 17.7 Å². The molecule has 0 aliphatic carbocycles. The van der Waals surface area contributed by atoms with E-state index < -0.39 is 5.41 Å². The van der Waals surface area contributed by atoms with E-state index in [9.17, 15) is 9.18 Å². The average Bonchev–Trinajstić information content (AvgIpc) is 3.31. The Kier molecular flexibility index (Phi) is 7.12. The Morgan fingerprint density at radius 1 is 1.08 bits per heavy atom. The maximum atomic E-state index is 13.7. The summed E-state index contributed by atoms with van der Waals surface area (Å²) in [7, 11) is 0. The minimum Gasteiger partial charge on any atom is -0.493 e. The Balaban J connectivity index is 1.11. The molecule has 198 valence electrons. The van der Waals surface area contributed by atoms with E-state index >= 15 is 0 Å². The van der Waals surface area contributed by atoms with E-state index in [2.05, 4.69) is 39.2 Å². The monoisotopic (exact) mass is 509 g/mol. The molecular weight excluding hydrogens is 473 g/mol. The summed E-state index contributed by atoms with van der Waals surface area (Å²) in [5, 5.41) is 4.44. The fraction of sp³-hybridized carbons (Fsp3) is 0.517. The molecule has 3 heterocycles. The zero-order chi connectivity index (χ0) is 26.0. The molecule has 0 unspecified atom stereocenters. The van der Waals surface area contributed by atoms with Gasteiger partial charge in [0.05, 0.1) is 25.0 Å². The SMILES string of the molecule is CCOC(=O)C1(C)CCN(C2=NOC3(C2)CN(Cc2ccc(-c4ccc(F)cc4OCC)cc2)C3)CC1. The van der Waals surface area contributed by atoms with Gasteiger partial charge < -0.3 is 19.2 Å². The Morgan fingerprint density at radius 2 is 1.81 bits per heavy atom. The second-order valence-corrected chi connectivity index (χ2v) is 10.6. The summed E-state index contributed by atoms with van der Waals surface area (Å²) < 4.78 is 24.6. The second kappa shape index (κ2) is 10.3. The molecule has 0 amide bonds. The van der Waals surface area contributed by atoms with Gasteiger partial charge in [-0.1, -0.05) is 29.4 Å². The van der Waals surface area contributed by atoms with Crippen LogP contribution < -0.4 is 4.74 Å².